The molecule has 0 aliphatic heterocycles. The summed E-state index contributed by atoms with van der Waals surface area (Å²) in [5.41, 5.74) is 0.600. The lowest BCUT2D eigenvalue weighted by atomic mass is 10.2. The van der Waals surface area contributed by atoms with Crippen LogP contribution in [0, 0.1) is 5.82 Å². The smallest absolute Gasteiger partial charge is 0.266 e. The second-order valence-electron chi connectivity index (χ2n) is 5.32. The van der Waals surface area contributed by atoms with E-state index < -0.39 is 6.10 Å². The Kier molecular flexibility index (Phi) is 6.19. The Balaban J connectivity index is 1.53. The van der Waals surface area contributed by atoms with E-state index in [2.05, 4.69) is 15.5 Å². The van der Waals surface area contributed by atoms with Crippen molar-refractivity contribution in [2.24, 2.45) is 0 Å². The average Bonchev–Trinajstić information content (AvgIpc) is 3.09. The molecule has 0 fully saturated rings. The SMILES string of the molecule is C[C@@H](Oc1ccccc1)C(=O)Nc1nnc(SCc2ccccc2F)s1. The second kappa shape index (κ2) is 8.77. The maximum atomic E-state index is 13.6. The number of carbonyl (C=O) groups is 1. The van der Waals surface area contributed by atoms with Gasteiger partial charge in [0, 0.05) is 5.75 Å². The van der Waals surface area contributed by atoms with Gasteiger partial charge in [0.1, 0.15) is 11.6 Å². The van der Waals surface area contributed by atoms with Gasteiger partial charge in [0.25, 0.3) is 5.91 Å². The molecule has 0 saturated heterocycles. The number of amides is 1. The van der Waals surface area contributed by atoms with Gasteiger partial charge in [-0.25, -0.2) is 4.39 Å². The number of ether oxygens (including phenoxy) is 1. The molecule has 5 nitrogen and oxygen atoms in total. The first kappa shape index (κ1) is 18.3. The zero-order valence-corrected chi connectivity index (χ0v) is 15.5. The molecular formula is C18H16FN3O2S2. The molecule has 3 aromatic rings. The number of aromatic nitrogens is 2. The molecule has 134 valence electrons. The van der Waals surface area contributed by atoms with Crippen molar-refractivity contribution in [1.29, 1.82) is 0 Å². The minimum atomic E-state index is -0.671. The lowest BCUT2D eigenvalue weighted by Crippen LogP contribution is -2.30. The molecule has 1 aromatic heterocycles. The number of benzene rings is 2. The number of hydrogen-bond acceptors (Lipinski definition) is 6. The third-order valence-electron chi connectivity index (χ3n) is 3.37. The quantitative estimate of drug-likeness (QED) is 0.480. The van der Waals surface area contributed by atoms with E-state index in [0.717, 1.165) is 0 Å². The van der Waals surface area contributed by atoms with Crippen molar-refractivity contribution >= 4 is 34.1 Å². The summed E-state index contributed by atoms with van der Waals surface area (Å²) in [6, 6.07) is 15.7. The van der Waals surface area contributed by atoms with E-state index in [4.69, 9.17) is 4.74 Å². The van der Waals surface area contributed by atoms with Crippen LogP contribution in [0.2, 0.25) is 0 Å². The molecule has 0 spiro atoms. The van der Waals surface area contributed by atoms with Crippen LogP contribution in [0.25, 0.3) is 0 Å². The summed E-state index contributed by atoms with van der Waals surface area (Å²) in [5.74, 6) is 0.511. The van der Waals surface area contributed by atoms with Crippen molar-refractivity contribution in [3.63, 3.8) is 0 Å². The minimum absolute atomic E-state index is 0.245. The Bertz CT molecular complexity index is 874. The summed E-state index contributed by atoms with van der Waals surface area (Å²) in [7, 11) is 0. The lowest BCUT2D eigenvalue weighted by Gasteiger charge is -2.13. The van der Waals surface area contributed by atoms with Crippen molar-refractivity contribution in [2.75, 3.05) is 5.32 Å². The highest BCUT2D eigenvalue weighted by Crippen LogP contribution is 2.29. The summed E-state index contributed by atoms with van der Waals surface area (Å²) in [4.78, 5) is 12.2. The molecule has 0 aliphatic rings. The molecule has 0 bridgehead atoms. The van der Waals surface area contributed by atoms with Crippen LogP contribution in [-0.4, -0.2) is 22.2 Å². The molecule has 0 aliphatic carbocycles. The van der Waals surface area contributed by atoms with E-state index in [0.29, 0.717) is 26.5 Å². The zero-order valence-electron chi connectivity index (χ0n) is 13.9. The standard InChI is InChI=1S/C18H16FN3O2S2/c1-12(24-14-8-3-2-4-9-14)16(23)20-17-21-22-18(26-17)25-11-13-7-5-6-10-15(13)19/h2-10,12H,11H2,1H3,(H,20,21,23)/t12-/m1/s1. The van der Waals surface area contributed by atoms with Crippen molar-refractivity contribution in [1.82, 2.24) is 10.2 Å². The van der Waals surface area contributed by atoms with E-state index in [1.807, 2.05) is 18.2 Å². The number of nitrogens with one attached hydrogen (secondary N) is 1. The predicted molar refractivity (Wildman–Crippen MR) is 101 cm³/mol. The van der Waals surface area contributed by atoms with Gasteiger partial charge < -0.3 is 4.74 Å². The van der Waals surface area contributed by atoms with Gasteiger partial charge in [0.2, 0.25) is 5.13 Å². The molecule has 1 atom stereocenters. The van der Waals surface area contributed by atoms with Gasteiger partial charge in [-0.15, -0.1) is 10.2 Å². The summed E-state index contributed by atoms with van der Waals surface area (Å²) >= 11 is 2.61. The predicted octanol–water partition coefficient (Wildman–Crippen LogP) is 4.38. The largest absolute Gasteiger partial charge is 0.481 e. The average molecular weight is 389 g/mol. The molecule has 1 heterocycles. The second-order valence-corrected chi connectivity index (χ2v) is 7.52. The molecule has 3 rings (SSSR count). The highest BCUT2D eigenvalue weighted by molar-refractivity contribution is 8.00. The van der Waals surface area contributed by atoms with Gasteiger partial charge >= 0.3 is 0 Å². The van der Waals surface area contributed by atoms with Crippen molar-refractivity contribution in [3.05, 3.63) is 66.0 Å². The Labute approximate surface area is 158 Å². The van der Waals surface area contributed by atoms with Gasteiger partial charge in [0.05, 0.1) is 0 Å². The number of para-hydroxylation sites is 1. The minimum Gasteiger partial charge on any atom is -0.481 e. The maximum absolute atomic E-state index is 13.6. The van der Waals surface area contributed by atoms with Crippen LogP contribution in [0.15, 0.2) is 58.9 Å². The molecule has 0 radical (unpaired) electrons. The molecule has 8 heteroatoms. The number of halogens is 1. The summed E-state index contributed by atoms with van der Waals surface area (Å²) in [5, 5.41) is 11.0. The highest BCUT2D eigenvalue weighted by Gasteiger charge is 2.17. The van der Waals surface area contributed by atoms with E-state index >= 15 is 0 Å². The Hall–Kier alpha value is -2.45. The number of hydrogen-bond donors (Lipinski definition) is 1. The van der Waals surface area contributed by atoms with Crippen LogP contribution < -0.4 is 10.1 Å². The highest BCUT2D eigenvalue weighted by atomic mass is 32.2. The monoisotopic (exact) mass is 389 g/mol. The van der Waals surface area contributed by atoms with Crippen LogP contribution >= 0.6 is 23.1 Å². The zero-order chi connectivity index (χ0) is 18.4. The van der Waals surface area contributed by atoms with E-state index in [9.17, 15) is 9.18 Å². The molecule has 2 aromatic carbocycles. The number of rotatable bonds is 7. The van der Waals surface area contributed by atoms with Crippen LogP contribution in [0.5, 0.6) is 5.75 Å². The Morgan fingerprint density at radius 2 is 1.92 bits per heavy atom. The van der Waals surface area contributed by atoms with Gasteiger partial charge in [-0.2, -0.15) is 0 Å². The first-order chi connectivity index (χ1) is 12.6. The lowest BCUT2D eigenvalue weighted by molar-refractivity contribution is -0.122. The Morgan fingerprint density at radius 1 is 1.19 bits per heavy atom. The van der Waals surface area contributed by atoms with Gasteiger partial charge in [-0.3, -0.25) is 10.1 Å². The molecular weight excluding hydrogens is 373 g/mol. The molecule has 26 heavy (non-hydrogen) atoms. The fraction of sp³-hybridized carbons (Fsp3) is 0.167. The molecule has 0 unspecified atom stereocenters. The van der Waals surface area contributed by atoms with Crippen molar-refractivity contribution in [2.45, 2.75) is 23.1 Å². The van der Waals surface area contributed by atoms with E-state index in [1.165, 1.54) is 29.2 Å². The fourth-order valence-corrected chi connectivity index (χ4v) is 3.78. The van der Waals surface area contributed by atoms with Crippen molar-refractivity contribution < 1.29 is 13.9 Å². The molecule has 0 saturated carbocycles. The van der Waals surface area contributed by atoms with Gasteiger partial charge in [-0.05, 0) is 30.7 Å². The topological polar surface area (TPSA) is 64.1 Å². The number of carbonyl (C=O) groups excluding carboxylic acids is 1. The number of anilines is 1. The molecule has 1 N–H and O–H groups in total. The van der Waals surface area contributed by atoms with Crippen LogP contribution in [0.4, 0.5) is 9.52 Å². The van der Waals surface area contributed by atoms with Gasteiger partial charge in [0.15, 0.2) is 10.4 Å². The van der Waals surface area contributed by atoms with Gasteiger partial charge in [-0.1, -0.05) is 59.5 Å². The summed E-state index contributed by atoms with van der Waals surface area (Å²) in [6.45, 7) is 1.66. The maximum Gasteiger partial charge on any atom is 0.266 e. The summed E-state index contributed by atoms with van der Waals surface area (Å²) in [6.07, 6.45) is -0.671. The summed E-state index contributed by atoms with van der Waals surface area (Å²) < 4.78 is 19.8. The Morgan fingerprint density at radius 3 is 2.69 bits per heavy atom. The normalized spacial score (nSPS) is 11.8. The first-order valence-corrected chi connectivity index (χ1v) is 9.64. The van der Waals surface area contributed by atoms with Crippen LogP contribution in [0.1, 0.15) is 12.5 Å². The van der Waals surface area contributed by atoms with Crippen LogP contribution in [-0.2, 0) is 10.5 Å². The third-order valence-corrected chi connectivity index (χ3v) is 5.39. The number of thioether (sulfide) groups is 1. The van der Waals surface area contributed by atoms with E-state index in [-0.39, 0.29) is 11.7 Å². The third kappa shape index (κ3) is 5.03. The van der Waals surface area contributed by atoms with E-state index in [1.54, 1.807) is 37.3 Å². The van der Waals surface area contributed by atoms with Crippen molar-refractivity contribution in [3.8, 4) is 5.75 Å². The number of nitrogens with zero attached hydrogens (tertiary/aromatic N) is 2. The fourth-order valence-electron chi connectivity index (χ4n) is 2.04. The molecule has 1 amide bonds. The first-order valence-electron chi connectivity index (χ1n) is 7.84. The van der Waals surface area contributed by atoms with Crippen LogP contribution in [0.3, 0.4) is 0 Å².